The summed E-state index contributed by atoms with van der Waals surface area (Å²) in [5, 5.41) is 18.3. The lowest BCUT2D eigenvalue weighted by atomic mass is 10.0. The molecule has 1 aromatic carbocycles. The summed E-state index contributed by atoms with van der Waals surface area (Å²) in [6.07, 6.45) is 0.205. The molecule has 1 fully saturated rings. The maximum absolute atomic E-state index is 12.8. The minimum absolute atomic E-state index is 0.0234. The number of hydrogen-bond donors (Lipinski definition) is 1. The van der Waals surface area contributed by atoms with Gasteiger partial charge in [0.2, 0.25) is 0 Å². The molecule has 0 aliphatic carbocycles. The number of hydrogen-bond acceptors (Lipinski definition) is 3. The first-order valence-corrected chi connectivity index (χ1v) is 5.25. The van der Waals surface area contributed by atoms with E-state index >= 15 is 0 Å². The van der Waals surface area contributed by atoms with Gasteiger partial charge in [0, 0.05) is 12.6 Å². The van der Waals surface area contributed by atoms with Gasteiger partial charge in [-0.1, -0.05) is 12.1 Å². The molecule has 0 amide bonds. The van der Waals surface area contributed by atoms with Crippen LogP contribution in [0.25, 0.3) is 0 Å². The monoisotopic (exact) mass is 220 g/mol. The average Bonchev–Trinajstić information content (AvgIpc) is 2.61. The van der Waals surface area contributed by atoms with Crippen molar-refractivity contribution in [3.63, 3.8) is 0 Å². The number of benzene rings is 1. The molecule has 0 aromatic heterocycles. The molecule has 1 N–H and O–H groups in total. The van der Waals surface area contributed by atoms with E-state index in [1.54, 1.807) is 12.1 Å². The lowest BCUT2D eigenvalue weighted by molar-refractivity contribution is 0.179. The van der Waals surface area contributed by atoms with Crippen molar-refractivity contribution in [3.05, 3.63) is 35.6 Å². The second kappa shape index (κ2) is 4.60. The van der Waals surface area contributed by atoms with E-state index in [0.717, 1.165) is 5.56 Å². The van der Waals surface area contributed by atoms with Crippen molar-refractivity contribution in [1.82, 2.24) is 4.90 Å². The van der Waals surface area contributed by atoms with E-state index in [2.05, 4.69) is 6.07 Å². The Bertz CT molecular complexity index is 398. The van der Waals surface area contributed by atoms with Gasteiger partial charge in [-0.05, 0) is 24.1 Å². The van der Waals surface area contributed by atoms with Gasteiger partial charge >= 0.3 is 0 Å². The normalized spacial score (nSPS) is 25.6. The summed E-state index contributed by atoms with van der Waals surface area (Å²) in [6.45, 7) is 0.800. The minimum Gasteiger partial charge on any atom is -0.392 e. The van der Waals surface area contributed by atoms with Gasteiger partial charge in [0.25, 0.3) is 0 Å². The van der Waals surface area contributed by atoms with Crippen LogP contribution in [-0.2, 0) is 0 Å². The minimum atomic E-state index is -0.400. The van der Waals surface area contributed by atoms with Crippen LogP contribution in [0.3, 0.4) is 0 Å². The molecule has 0 unspecified atom stereocenters. The summed E-state index contributed by atoms with van der Waals surface area (Å²) in [5.41, 5.74) is 0.952. The van der Waals surface area contributed by atoms with Crippen molar-refractivity contribution in [3.8, 4) is 6.07 Å². The Kier molecular flexibility index (Phi) is 3.18. The zero-order chi connectivity index (χ0) is 11.5. The number of likely N-dealkylation sites (tertiary alicyclic amines) is 1. The van der Waals surface area contributed by atoms with E-state index in [0.29, 0.717) is 19.5 Å². The van der Waals surface area contributed by atoms with Crippen LogP contribution in [0.1, 0.15) is 18.0 Å². The highest BCUT2D eigenvalue weighted by molar-refractivity contribution is 5.21. The zero-order valence-electron chi connectivity index (χ0n) is 8.81. The van der Waals surface area contributed by atoms with Crippen molar-refractivity contribution >= 4 is 0 Å². The third-order valence-corrected chi connectivity index (χ3v) is 2.91. The molecular formula is C12H13FN2O. The third-order valence-electron chi connectivity index (χ3n) is 2.91. The first-order chi connectivity index (χ1) is 7.70. The average molecular weight is 220 g/mol. The second-order valence-corrected chi connectivity index (χ2v) is 4.04. The van der Waals surface area contributed by atoms with E-state index in [1.165, 1.54) is 12.1 Å². The molecule has 84 valence electrons. The van der Waals surface area contributed by atoms with Crippen molar-refractivity contribution in [2.75, 3.05) is 13.1 Å². The molecule has 1 heterocycles. The van der Waals surface area contributed by atoms with Gasteiger partial charge in [0.05, 0.1) is 18.7 Å². The molecule has 16 heavy (non-hydrogen) atoms. The first kappa shape index (κ1) is 11.1. The molecule has 1 saturated heterocycles. The maximum Gasteiger partial charge on any atom is 0.123 e. The highest BCUT2D eigenvalue weighted by Crippen LogP contribution is 2.31. The quantitative estimate of drug-likeness (QED) is 0.767. The van der Waals surface area contributed by atoms with Gasteiger partial charge < -0.3 is 5.11 Å². The van der Waals surface area contributed by atoms with Crippen molar-refractivity contribution < 1.29 is 9.50 Å². The van der Waals surface area contributed by atoms with Crippen LogP contribution in [0.4, 0.5) is 4.39 Å². The third kappa shape index (κ3) is 2.21. The predicted molar refractivity (Wildman–Crippen MR) is 57.0 cm³/mol. The van der Waals surface area contributed by atoms with Crippen LogP contribution >= 0.6 is 0 Å². The molecular weight excluding hydrogens is 207 g/mol. The van der Waals surface area contributed by atoms with Crippen LogP contribution in [0, 0.1) is 17.1 Å². The molecule has 1 aliphatic heterocycles. The fourth-order valence-corrected chi connectivity index (χ4v) is 2.18. The number of nitriles is 1. The molecule has 1 aromatic rings. The Hall–Kier alpha value is -1.44. The molecule has 2 atom stereocenters. The largest absolute Gasteiger partial charge is 0.392 e. The van der Waals surface area contributed by atoms with Crippen LogP contribution in [0.15, 0.2) is 24.3 Å². The van der Waals surface area contributed by atoms with Crippen LogP contribution in [-0.4, -0.2) is 29.2 Å². The smallest absolute Gasteiger partial charge is 0.123 e. The van der Waals surface area contributed by atoms with Crippen molar-refractivity contribution in [2.45, 2.75) is 18.6 Å². The summed E-state index contributed by atoms with van der Waals surface area (Å²) < 4.78 is 12.8. The Balaban J connectivity index is 2.19. The number of aliphatic hydroxyl groups is 1. The van der Waals surface area contributed by atoms with Gasteiger partial charge in [0.15, 0.2) is 0 Å². The Morgan fingerprint density at radius 3 is 2.75 bits per heavy atom. The van der Waals surface area contributed by atoms with E-state index in [1.807, 2.05) is 4.90 Å². The molecule has 0 saturated carbocycles. The molecule has 3 nitrogen and oxygen atoms in total. The Morgan fingerprint density at radius 1 is 1.44 bits per heavy atom. The summed E-state index contributed by atoms with van der Waals surface area (Å²) in [5.74, 6) is -0.269. The van der Waals surface area contributed by atoms with Crippen LogP contribution in [0.5, 0.6) is 0 Å². The number of nitrogens with zero attached hydrogens (tertiary/aromatic N) is 2. The summed E-state index contributed by atoms with van der Waals surface area (Å²) in [6, 6.07) is 8.34. The lowest BCUT2D eigenvalue weighted by Crippen LogP contribution is -2.25. The van der Waals surface area contributed by atoms with Gasteiger partial charge in [-0.25, -0.2) is 4.39 Å². The van der Waals surface area contributed by atoms with Crippen molar-refractivity contribution in [2.24, 2.45) is 0 Å². The zero-order valence-corrected chi connectivity index (χ0v) is 8.81. The van der Waals surface area contributed by atoms with E-state index in [4.69, 9.17) is 5.26 Å². The topological polar surface area (TPSA) is 47.3 Å². The van der Waals surface area contributed by atoms with Gasteiger partial charge in [-0.15, -0.1) is 0 Å². The highest BCUT2D eigenvalue weighted by atomic mass is 19.1. The summed E-state index contributed by atoms with van der Waals surface area (Å²) >= 11 is 0. The van der Waals surface area contributed by atoms with Gasteiger partial charge in [-0.3, -0.25) is 4.90 Å². The maximum atomic E-state index is 12.8. The molecule has 4 heteroatoms. The van der Waals surface area contributed by atoms with Gasteiger partial charge in [-0.2, -0.15) is 5.26 Å². The number of rotatable bonds is 2. The molecule has 0 spiro atoms. The lowest BCUT2D eigenvalue weighted by Gasteiger charge is -2.21. The second-order valence-electron chi connectivity index (χ2n) is 4.04. The Morgan fingerprint density at radius 2 is 2.12 bits per heavy atom. The molecule has 2 rings (SSSR count). The summed E-state index contributed by atoms with van der Waals surface area (Å²) in [4.78, 5) is 1.91. The van der Waals surface area contributed by atoms with Crippen LogP contribution in [0.2, 0.25) is 0 Å². The van der Waals surface area contributed by atoms with E-state index < -0.39 is 6.10 Å². The predicted octanol–water partition coefficient (Wildman–Crippen LogP) is 1.46. The van der Waals surface area contributed by atoms with E-state index in [-0.39, 0.29) is 11.9 Å². The number of halogens is 1. The number of aliphatic hydroxyl groups excluding tert-OH is 1. The van der Waals surface area contributed by atoms with Crippen LogP contribution < -0.4 is 0 Å². The van der Waals surface area contributed by atoms with E-state index in [9.17, 15) is 9.50 Å². The van der Waals surface area contributed by atoms with Gasteiger partial charge in [0.1, 0.15) is 5.82 Å². The fourth-order valence-electron chi connectivity index (χ4n) is 2.18. The first-order valence-electron chi connectivity index (χ1n) is 5.25. The van der Waals surface area contributed by atoms with Crippen molar-refractivity contribution in [1.29, 1.82) is 5.26 Å². The number of β-amino-alcohol motifs (C(OH)–C–C–N with tert-alkyl or cyclic N) is 1. The fraction of sp³-hybridized carbons (Fsp3) is 0.417. The standard InChI is InChI=1S/C12H13FN2O/c13-10-3-1-9(2-4-10)12-7-11(16)8-15(12)6-5-14/h1-4,11-12,16H,6-8H2/t11-,12-/m0/s1. The molecule has 1 aliphatic rings. The SMILES string of the molecule is N#CCN1C[C@@H](O)C[C@H]1c1ccc(F)cc1. The summed E-state index contributed by atoms with van der Waals surface area (Å²) in [7, 11) is 0. The highest BCUT2D eigenvalue weighted by Gasteiger charge is 2.31. The molecule has 0 bridgehead atoms. The molecule has 0 radical (unpaired) electrons. The Labute approximate surface area is 93.7 Å².